The summed E-state index contributed by atoms with van der Waals surface area (Å²) in [6.07, 6.45) is -4.47. The zero-order valence-corrected chi connectivity index (χ0v) is 15.2. The zero-order valence-electron chi connectivity index (χ0n) is 12.8. The first-order chi connectivity index (χ1) is 11.7. The molecule has 0 aliphatic heterocycles. The Labute approximate surface area is 155 Å². The maximum absolute atomic E-state index is 12.7. The summed E-state index contributed by atoms with van der Waals surface area (Å²) in [5, 5.41) is 4.83. The van der Waals surface area contributed by atoms with Crippen LogP contribution in [0.5, 0.6) is 5.75 Å². The van der Waals surface area contributed by atoms with Crippen LogP contribution >= 0.6 is 28.1 Å². The lowest BCUT2D eigenvalue weighted by Gasteiger charge is -2.13. The second-order valence-corrected chi connectivity index (χ2v) is 6.16. The van der Waals surface area contributed by atoms with Crippen LogP contribution in [0.4, 0.5) is 18.9 Å². The zero-order chi connectivity index (χ0) is 18.6. The molecule has 0 atom stereocenters. The smallest absolute Gasteiger partial charge is 0.416 e. The van der Waals surface area contributed by atoms with Crippen LogP contribution < -0.4 is 15.4 Å². The Kier molecular flexibility index (Phi) is 6.02. The summed E-state index contributed by atoms with van der Waals surface area (Å²) in [6.45, 7) is 0. The summed E-state index contributed by atoms with van der Waals surface area (Å²) in [6, 6.07) is 9.34. The summed E-state index contributed by atoms with van der Waals surface area (Å²) in [7, 11) is 1.42. The van der Waals surface area contributed by atoms with Crippen molar-refractivity contribution in [2.45, 2.75) is 6.18 Å². The Balaban J connectivity index is 2.11. The van der Waals surface area contributed by atoms with E-state index in [0.717, 1.165) is 12.1 Å². The van der Waals surface area contributed by atoms with Crippen molar-refractivity contribution in [1.29, 1.82) is 0 Å². The number of nitrogens with one attached hydrogen (secondary N) is 2. The molecule has 2 aromatic rings. The van der Waals surface area contributed by atoms with E-state index in [1.807, 2.05) is 0 Å². The molecular formula is C16H12BrF3N2O2S. The topological polar surface area (TPSA) is 50.4 Å². The minimum absolute atomic E-state index is 0.112. The number of benzene rings is 2. The Morgan fingerprint density at radius 2 is 1.92 bits per heavy atom. The maximum Gasteiger partial charge on any atom is 0.416 e. The van der Waals surface area contributed by atoms with Gasteiger partial charge in [0.1, 0.15) is 5.75 Å². The van der Waals surface area contributed by atoms with Crippen LogP contribution in [0.2, 0.25) is 0 Å². The van der Waals surface area contributed by atoms with Crippen molar-refractivity contribution in [3.8, 4) is 5.75 Å². The number of hydrogen-bond donors (Lipinski definition) is 2. The van der Waals surface area contributed by atoms with Crippen LogP contribution in [0.3, 0.4) is 0 Å². The fourth-order valence-electron chi connectivity index (χ4n) is 1.96. The van der Waals surface area contributed by atoms with Gasteiger partial charge in [0.05, 0.1) is 18.2 Å². The van der Waals surface area contributed by atoms with Crippen LogP contribution in [0.15, 0.2) is 46.9 Å². The molecule has 0 fully saturated rings. The predicted octanol–water partition coefficient (Wildman–Crippen LogP) is 4.60. The fraction of sp³-hybridized carbons (Fsp3) is 0.125. The molecule has 0 saturated carbocycles. The Bertz CT molecular complexity index is 812. The molecule has 0 aromatic heterocycles. The van der Waals surface area contributed by atoms with Gasteiger partial charge in [-0.25, -0.2) is 0 Å². The van der Waals surface area contributed by atoms with E-state index >= 15 is 0 Å². The van der Waals surface area contributed by atoms with Gasteiger partial charge in [-0.1, -0.05) is 22.0 Å². The third kappa shape index (κ3) is 5.17. The molecule has 25 heavy (non-hydrogen) atoms. The third-order valence-electron chi connectivity index (χ3n) is 3.08. The SMILES string of the molecule is COc1ccc(Br)cc1C(=O)NC(=S)Nc1cccc(C(F)(F)F)c1. The van der Waals surface area contributed by atoms with Crippen LogP contribution in [0.25, 0.3) is 0 Å². The van der Waals surface area contributed by atoms with Gasteiger partial charge in [0.2, 0.25) is 0 Å². The first kappa shape index (κ1) is 19.2. The number of carbonyl (C=O) groups is 1. The molecule has 4 nitrogen and oxygen atoms in total. The standard InChI is InChI=1S/C16H12BrF3N2O2S/c1-24-13-6-5-10(17)8-12(13)14(23)22-15(25)21-11-4-2-3-9(7-11)16(18,19)20/h2-8H,1H3,(H2,21,22,23,25). The number of amides is 1. The summed E-state index contributed by atoms with van der Waals surface area (Å²) in [5.74, 6) is -0.217. The highest BCUT2D eigenvalue weighted by Gasteiger charge is 2.30. The second kappa shape index (κ2) is 7.83. The number of hydrogen-bond acceptors (Lipinski definition) is 3. The van der Waals surface area contributed by atoms with Crippen molar-refractivity contribution in [3.63, 3.8) is 0 Å². The number of halogens is 4. The lowest BCUT2D eigenvalue weighted by molar-refractivity contribution is -0.137. The van der Waals surface area contributed by atoms with Gasteiger partial charge in [-0.2, -0.15) is 13.2 Å². The highest BCUT2D eigenvalue weighted by atomic mass is 79.9. The highest BCUT2D eigenvalue weighted by Crippen LogP contribution is 2.30. The van der Waals surface area contributed by atoms with Crippen molar-refractivity contribution in [3.05, 3.63) is 58.1 Å². The van der Waals surface area contributed by atoms with E-state index in [4.69, 9.17) is 17.0 Å². The van der Waals surface area contributed by atoms with Crippen LogP contribution in [0, 0.1) is 0 Å². The number of carbonyl (C=O) groups excluding carboxylic acids is 1. The predicted molar refractivity (Wildman–Crippen MR) is 95.8 cm³/mol. The monoisotopic (exact) mass is 432 g/mol. The first-order valence-corrected chi connectivity index (χ1v) is 8.04. The molecule has 9 heteroatoms. The molecule has 0 saturated heterocycles. The van der Waals surface area contributed by atoms with Crippen molar-refractivity contribution < 1.29 is 22.7 Å². The van der Waals surface area contributed by atoms with Crippen LogP contribution in [-0.2, 0) is 6.18 Å². The summed E-state index contributed by atoms with van der Waals surface area (Å²) in [5.41, 5.74) is -0.480. The number of methoxy groups -OCH3 is 1. The molecule has 0 bridgehead atoms. The largest absolute Gasteiger partial charge is 0.496 e. The lowest BCUT2D eigenvalue weighted by Crippen LogP contribution is -2.34. The van der Waals surface area contributed by atoms with E-state index in [1.54, 1.807) is 18.2 Å². The number of anilines is 1. The molecule has 0 radical (unpaired) electrons. The van der Waals surface area contributed by atoms with Gasteiger partial charge in [0.15, 0.2) is 5.11 Å². The summed E-state index contributed by atoms with van der Waals surface area (Å²) < 4.78 is 43.9. The Hall–Kier alpha value is -2.13. The lowest BCUT2D eigenvalue weighted by atomic mass is 10.2. The molecule has 2 aromatic carbocycles. The number of ether oxygens (including phenoxy) is 1. The molecular weight excluding hydrogens is 421 g/mol. The normalized spacial score (nSPS) is 10.9. The summed E-state index contributed by atoms with van der Waals surface area (Å²) >= 11 is 8.23. The molecule has 132 valence electrons. The molecule has 0 aliphatic carbocycles. The van der Waals surface area contributed by atoms with E-state index in [2.05, 4.69) is 26.6 Å². The fourth-order valence-corrected chi connectivity index (χ4v) is 2.54. The maximum atomic E-state index is 12.7. The van der Waals surface area contributed by atoms with Gasteiger partial charge in [-0.05, 0) is 48.6 Å². The quantitative estimate of drug-likeness (QED) is 0.695. The van der Waals surface area contributed by atoms with Gasteiger partial charge >= 0.3 is 6.18 Å². The highest BCUT2D eigenvalue weighted by molar-refractivity contribution is 9.10. The molecule has 0 heterocycles. The van der Waals surface area contributed by atoms with E-state index in [1.165, 1.54) is 19.2 Å². The molecule has 2 N–H and O–H groups in total. The number of thiocarbonyl (C=S) groups is 1. The van der Waals surface area contributed by atoms with Crippen molar-refractivity contribution in [2.24, 2.45) is 0 Å². The van der Waals surface area contributed by atoms with Gasteiger partial charge in [0.25, 0.3) is 5.91 Å². The minimum Gasteiger partial charge on any atom is -0.496 e. The van der Waals surface area contributed by atoms with Gasteiger partial charge in [-0.3, -0.25) is 10.1 Å². The molecule has 0 unspecified atom stereocenters. The van der Waals surface area contributed by atoms with E-state index in [9.17, 15) is 18.0 Å². The molecule has 0 spiro atoms. The van der Waals surface area contributed by atoms with Gasteiger partial charge in [-0.15, -0.1) is 0 Å². The van der Waals surface area contributed by atoms with Gasteiger partial charge in [0, 0.05) is 10.2 Å². The van der Waals surface area contributed by atoms with Crippen molar-refractivity contribution in [1.82, 2.24) is 5.32 Å². The second-order valence-electron chi connectivity index (χ2n) is 4.83. The average Bonchev–Trinajstić information content (AvgIpc) is 2.54. The number of alkyl halides is 3. The van der Waals surface area contributed by atoms with Crippen LogP contribution in [-0.4, -0.2) is 18.1 Å². The Morgan fingerprint density at radius 3 is 2.56 bits per heavy atom. The first-order valence-electron chi connectivity index (χ1n) is 6.84. The van der Waals surface area contributed by atoms with E-state index < -0.39 is 17.6 Å². The number of rotatable bonds is 3. The Morgan fingerprint density at radius 1 is 1.20 bits per heavy atom. The van der Waals surface area contributed by atoms with Crippen molar-refractivity contribution >= 4 is 44.9 Å². The molecule has 1 amide bonds. The minimum atomic E-state index is -4.47. The molecule has 0 aliphatic rings. The average molecular weight is 433 g/mol. The van der Waals surface area contributed by atoms with Gasteiger partial charge < -0.3 is 10.1 Å². The van der Waals surface area contributed by atoms with E-state index in [-0.39, 0.29) is 16.4 Å². The van der Waals surface area contributed by atoms with E-state index in [0.29, 0.717) is 10.2 Å². The van der Waals surface area contributed by atoms with Crippen molar-refractivity contribution in [2.75, 3.05) is 12.4 Å². The summed E-state index contributed by atoms with van der Waals surface area (Å²) in [4.78, 5) is 12.3. The van der Waals surface area contributed by atoms with Crippen LogP contribution in [0.1, 0.15) is 15.9 Å². The third-order valence-corrected chi connectivity index (χ3v) is 3.78. The molecule has 2 rings (SSSR count).